The standard InChI is InChI=1S/C14H22O/c1-12(2)14-9-7-13(8-10-14)6-4-3-5-11-15/h4,6-7,11-12,14H,3,5,8-10H2,1-2H3. The van der Waals surface area contributed by atoms with Gasteiger partial charge in [0.15, 0.2) is 0 Å². The minimum atomic E-state index is 0.651. The highest BCUT2D eigenvalue weighted by Gasteiger charge is 2.15. The van der Waals surface area contributed by atoms with E-state index in [0.29, 0.717) is 6.42 Å². The van der Waals surface area contributed by atoms with Crippen molar-refractivity contribution >= 4 is 6.29 Å². The molecule has 0 aromatic carbocycles. The van der Waals surface area contributed by atoms with Crippen LogP contribution in [0.5, 0.6) is 0 Å². The third-order valence-corrected chi connectivity index (χ3v) is 3.21. The molecule has 0 saturated carbocycles. The van der Waals surface area contributed by atoms with Gasteiger partial charge in [-0.1, -0.05) is 37.6 Å². The van der Waals surface area contributed by atoms with Gasteiger partial charge in [0.05, 0.1) is 0 Å². The second kappa shape index (κ2) is 6.60. The van der Waals surface area contributed by atoms with Gasteiger partial charge in [0.2, 0.25) is 0 Å². The van der Waals surface area contributed by atoms with E-state index in [1.54, 1.807) is 0 Å². The normalized spacial score (nSPS) is 22.1. The highest BCUT2D eigenvalue weighted by molar-refractivity contribution is 5.49. The van der Waals surface area contributed by atoms with Gasteiger partial charge in [-0.2, -0.15) is 0 Å². The molecule has 1 nitrogen and oxygen atoms in total. The van der Waals surface area contributed by atoms with E-state index >= 15 is 0 Å². The van der Waals surface area contributed by atoms with Gasteiger partial charge >= 0.3 is 0 Å². The van der Waals surface area contributed by atoms with Crippen LogP contribution in [0, 0.1) is 11.8 Å². The molecule has 0 amide bonds. The molecule has 0 heterocycles. The van der Waals surface area contributed by atoms with Crippen molar-refractivity contribution in [2.24, 2.45) is 11.8 Å². The molecule has 0 aromatic heterocycles. The average molecular weight is 206 g/mol. The summed E-state index contributed by atoms with van der Waals surface area (Å²) in [5.74, 6) is 1.68. The second-order valence-electron chi connectivity index (χ2n) is 4.70. The molecule has 1 aliphatic carbocycles. The van der Waals surface area contributed by atoms with Crippen LogP contribution in [-0.4, -0.2) is 6.29 Å². The van der Waals surface area contributed by atoms with Crippen LogP contribution in [0.3, 0.4) is 0 Å². The van der Waals surface area contributed by atoms with Gasteiger partial charge in [0.25, 0.3) is 0 Å². The quantitative estimate of drug-likeness (QED) is 0.492. The Morgan fingerprint density at radius 1 is 1.47 bits per heavy atom. The van der Waals surface area contributed by atoms with Gasteiger partial charge < -0.3 is 4.79 Å². The van der Waals surface area contributed by atoms with E-state index in [1.165, 1.54) is 24.8 Å². The average Bonchev–Trinajstić information content (AvgIpc) is 2.25. The van der Waals surface area contributed by atoms with Crippen LogP contribution in [0.4, 0.5) is 0 Å². The maximum absolute atomic E-state index is 10.1. The summed E-state index contributed by atoms with van der Waals surface area (Å²) < 4.78 is 0. The van der Waals surface area contributed by atoms with Crippen LogP contribution in [-0.2, 0) is 4.79 Å². The fourth-order valence-corrected chi connectivity index (χ4v) is 2.03. The minimum Gasteiger partial charge on any atom is -0.303 e. The number of unbranched alkanes of at least 4 members (excludes halogenated alkanes) is 1. The molecule has 15 heavy (non-hydrogen) atoms. The van der Waals surface area contributed by atoms with Crippen LogP contribution >= 0.6 is 0 Å². The number of allylic oxidation sites excluding steroid dienone is 4. The van der Waals surface area contributed by atoms with E-state index in [2.05, 4.69) is 32.1 Å². The molecule has 0 saturated heterocycles. The SMILES string of the molecule is CC(C)C1CC=C(C=CCCC=O)CC1. The Hall–Kier alpha value is -0.850. The Balaban J connectivity index is 2.33. The Bertz CT molecular complexity index is 248. The number of hydrogen-bond donors (Lipinski definition) is 0. The molecule has 1 rings (SSSR count). The van der Waals surface area contributed by atoms with E-state index in [1.807, 2.05) is 0 Å². The van der Waals surface area contributed by atoms with Gasteiger partial charge in [-0.25, -0.2) is 0 Å². The highest BCUT2D eigenvalue weighted by Crippen LogP contribution is 2.29. The molecule has 84 valence electrons. The number of carbonyl (C=O) groups is 1. The van der Waals surface area contributed by atoms with Gasteiger partial charge in [-0.3, -0.25) is 0 Å². The van der Waals surface area contributed by atoms with Gasteiger partial charge in [-0.15, -0.1) is 0 Å². The number of aldehydes is 1. The molecule has 1 aliphatic rings. The highest BCUT2D eigenvalue weighted by atomic mass is 16.1. The molecule has 0 radical (unpaired) electrons. The molecular weight excluding hydrogens is 184 g/mol. The number of rotatable bonds is 5. The lowest BCUT2D eigenvalue weighted by atomic mass is 9.82. The maximum atomic E-state index is 10.1. The van der Waals surface area contributed by atoms with E-state index in [9.17, 15) is 4.79 Å². The number of carbonyl (C=O) groups excluding carboxylic acids is 1. The third-order valence-electron chi connectivity index (χ3n) is 3.21. The fraction of sp³-hybridized carbons (Fsp3) is 0.643. The predicted molar refractivity (Wildman–Crippen MR) is 64.7 cm³/mol. The van der Waals surface area contributed by atoms with Crippen molar-refractivity contribution in [3.05, 3.63) is 23.8 Å². The van der Waals surface area contributed by atoms with Gasteiger partial charge in [0.1, 0.15) is 6.29 Å². The van der Waals surface area contributed by atoms with Crippen molar-refractivity contribution in [1.82, 2.24) is 0 Å². The summed E-state index contributed by atoms with van der Waals surface area (Å²) in [7, 11) is 0. The van der Waals surface area contributed by atoms with Crippen molar-refractivity contribution in [3.63, 3.8) is 0 Å². The topological polar surface area (TPSA) is 17.1 Å². The summed E-state index contributed by atoms with van der Waals surface area (Å²) in [4.78, 5) is 10.1. The van der Waals surface area contributed by atoms with Crippen LogP contribution < -0.4 is 0 Å². The molecule has 0 fully saturated rings. The first kappa shape index (κ1) is 12.2. The smallest absolute Gasteiger partial charge is 0.120 e. The summed E-state index contributed by atoms with van der Waals surface area (Å²) >= 11 is 0. The van der Waals surface area contributed by atoms with E-state index in [4.69, 9.17) is 0 Å². The van der Waals surface area contributed by atoms with E-state index in [-0.39, 0.29) is 0 Å². The molecule has 0 N–H and O–H groups in total. The number of hydrogen-bond acceptors (Lipinski definition) is 1. The summed E-state index contributed by atoms with van der Waals surface area (Å²) in [6, 6.07) is 0. The summed E-state index contributed by atoms with van der Waals surface area (Å²) in [6.07, 6.45) is 13.0. The Labute approximate surface area is 93.3 Å². The monoisotopic (exact) mass is 206 g/mol. The van der Waals surface area contributed by atoms with Crippen LogP contribution in [0.2, 0.25) is 0 Å². The molecule has 0 aliphatic heterocycles. The predicted octanol–water partition coefficient (Wildman–Crippen LogP) is 3.90. The third kappa shape index (κ3) is 4.46. The van der Waals surface area contributed by atoms with Crippen LogP contribution in [0.15, 0.2) is 23.8 Å². The maximum Gasteiger partial charge on any atom is 0.120 e. The first-order valence-electron chi connectivity index (χ1n) is 6.03. The van der Waals surface area contributed by atoms with Crippen molar-refractivity contribution in [1.29, 1.82) is 0 Å². The van der Waals surface area contributed by atoms with Gasteiger partial charge in [-0.05, 0) is 37.5 Å². The Morgan fingerprint density at radius 2 is 2.27 bits per heavy atom. The molecule has 0 bridgehead atoms. The molecule has 1 atom stereocenters. The van der Waals surface area contributed by atoms with Crippen LogP contribution in [0.25, 0.3) is 0 Å². The minimum absolute atomic E-state index is 0.651. The van der Waals surface area contributed by atoms with Crippen molar-refractivity contribution in [2.45, 2.75) is 46.0 Å². The lowest BCUT2D eigenvalue weighted by molar-refractivity contribution is -0.107. The van der Waals surface area contributed by atoms with Crippen molar-refractivity contribution in [3.8, 4) is 0 Å². The van der Waals surface area contributed by atoms with Crippen molar-refractivity contribution in [2.75, 3.05) is 0 Å². The Kier molecular flexibility index (Phi) is 5.38. The zero-order chi connectivity index (χ0) is 11.1. The summed E-state index contributed by atoms with van der Waals surface area (Å²) in [5, 5.41) is 0. The fourth-order valence-electron chi connectivity index (χ4n) is 2.03. The molecule has 0 spiro atoms. The van der Waals surface area contributed by atoms with E-state index in [0.717, 1.165) is 24.5 Å². The zero-order valence-corrected chi connectivity index (χ0v) is 9.91. The molecule has 0 aromatic rings. The molecule has 1 unspecified atom stereocenters. The summed E-state index contributed by atoms with van der Waals surface area (Å²) in [6.45, 7) is 4.62. The lowest BCUT2D eigenvalue weighted by Gasteiger charge is -2.23. The zero-order valence-electron chi connectivity index (χ0n) is 9.91. The van der Waals surface area contributed by atoms with Crippen molar-refractivity contribution < 1.29 is 4.79 Å². The van der Waals surface area contributed by atoms with Gasteiger partial charge in [0, 0.05) is 6.42 Å². The molecular formula is C14H22O. The van der Waals surface area contributed by atoms with E-state index < -0.39 is 0 Å². The molecule has 1 heteroatoms. The first-order chi connectivity index (χ1) is 7.24. The Morgan fingerprint density at radius 3 is 2.80 bits per heavy atom. The second-order valence-corrected chi connectivity index (χ2v) is 4.70. The van der Waals surface area contributed by atoms with Crippen LogP contribution in [0.1, 0.15) is 46.0 Å². The largest absolute Gasteiger partial charge is 0.303 e. The summed E-state index contributed by atoms with van der Waals surface area (Å²) in [5.41, 5.74) is 1.46. The lowest BCUT2D eigenvalue weighted by Crippen LogP contribution is -2.11. The first-order valence-corrected chi connectivity index (χ1v) is 6.03.